The highest BCUT2D eigenvalue weighted by Crippen LogP contribution is 2.30. The zero-order chi connectivity index (χ0) is 18.8. The molecule has 0 N–H and O–H groups in total. The van der Waals surface area contributed by atoms with Gasteiger partial charge in [0, 0.05) is 35.8 Å². The Kier molecular flexibility index (Phi) is 4.94. The number of hydrogen-bond acceptors (Lipinski definition) is 4. The topological polar surface area (TPSA) is 46.1 Å². The lowest BCUT2D eigenvalue weighted by atomic mass is 10.1. The van der Waals surface area contributed by atoms with E-state index in [4.69, 9.17) is 0 Å². The molecular weight excluding hydrogens is 368 g/mol. The zero-order valence-corrected chi connectivity index (χ0v) is 15.3. The monoisotopic (exact) mass is 385 g/mol. The molecule has 2 aromatic heterocycles. The van der Waals surface area contributed by atoms with E-state index in [1.807, 2.05) is 23.6 Å². The summed E-state index contributed by atoms with van der Waals surface area (Å²) in [5, 5.41) is 2.62. The van der Waals surface area contributed by atoms with Gasteiger partial charge in [0.15, 0.2) is 0 Å². The number of benzene rings is 1. The molecule has 0 bridgehead atoms. The molecule has 0 aliphatic heterocycles. The summed E-state index contributed by atoms with van der Waals surface area (Å²) in [5.41, 5.74) is 1.77. The van der Waals surface area contributed by atoms with Crippen molar-refractivity contribution < 1.29 is 13.6 Å². The molecule has 4 nitrogen and oxygen atoms in total. The van der Waals surface area contributed by atoms with Crippen LogP contribution in [0.25, 0.3) is 10.7 Å². The van der Waals surface area contributed by atoms with Gasteiger partial charge in [0.2, 0.25) is 5.91 Å². The van der Waals surface area contributed by atoms with Crippen molar-refractivity contribution in [1.82, 2.24) is 14.9 Å². The van der Waals surface area contributed by atoms with E-state index in [0.717, 1.165) is 29.6 Å². The third-order valence-corrected chi connectivity index (χ3v) is 5.35. The number of carbonyl (C=O) groups is 1. The molecule has 0 saturated heterocycles. The van der Waals surface area contributed by atoms with Gasteiger partial charge in [-0.05, 0) is 31.0 Å². The van der Waals surface area contributed by atoms with Crippen molar-refractivity contribution in [2.75, 3.05) is 0 Å². The summed E-state index contributed by atoms with van der Waals surface area (Å²) in [6, 6.07) is 9.19. The first-order chi connectivity index (χ1) is 13.1. The van der Waals surface area contributed by atoms with Crippen molar-refractivity contribution in [1.29, 1.82) is 0 Å². The highest BCUT2D eigenvalue weighted by atomic mass is 32.1. The van der Waals surface area contributed by atoms with Crippen LogP contribution in [0.1, 0.15) is 24.1 Å². The van der Waals surface area contributed by atoms with Crippen molar-refractivity contribution in [3.05, 3.63) is 70.9 Å². The number of thiazole rings is 1. The molecule has 3 aromatic rings. The number of hydrogen-bond donors (Lipinski definition) is 0. The van der Waals surface area contributed by atoms with Gasteiger partial charge >= 0.3 is 0 Å². The molecule has 1 aromatic carbocycles. The Labute approximate surface area is 159 Å². The number of amides is 1. The van der Waals surface area contributed by atoms with Gasteiger partial charge in [0.05, 0.1) is 17.8 Å². The Hall–Kier alpha value is -2.67. The van der Waals surface area contributed by atoms with Crippen molar-refractivity contribution >= 4 is 17.2 Å². The summed E-state index contributed by atoms with van der Waals surface area (Å²) in [7, 11) is 0. The smallest absolute Gasteiger partial charge is 0.229 e. The summed E-state index contributed by atoms with van der Waals surface area (Å²) >= 11 is 1.44. The van der Waals surface area contributed by atoms with Crippen LogP contribution in [-0.4, -0.2) is 26.8 Å². The molecular formula is C20H17F2N3OS. The van der Waals surface area contributed by atoms with Gasteiger partial charge in [-0.15, -0.1) is 11.3 Å². The van der Waals surface area contributed by atoms with Crippen molar-refractivity contribution in [2.45, 2.75) is 31.8 Å². The van der Waals surface area contributed by atoms with E-state index in [0.29, 0.717) is 11.3 Å². The van der Waals surface area contributed by atoms with Gasteiger partial charge in [-0.1, -0.05) is 12.1 Å². The highest BCUT2D eigenvalue weighted by Gasteiger charge is 2.33. The van der Waals surface area contributed by atoms with Gasteiger partial charge in [0.25, 0.3) is 0 Å². The van der Waals surface area contributed by atoms with E-state index in [1.54, 1.807) is 11.1 Å². The summed E-state index contributed by atoms with van der Waals surface area (Å²) < 4.78 is 27.1. The van der Waals surface area contributed by atoms with Gasteiger partial charge in [-0.3, -0.25) is 9.78 Å². The Bertz CT molecular complexity index is 957. The van der Waals surface area contributed by atoms with Crippen LogP contribution >= 0.6 is 11.3 Å². The average Bonchev–Trinajstić information content (AvgIpc) is 3.40. The largest absolute Gasteiger partial charge is 0.335 e. The average molecular weight is 385 g/mol. The van der Waals surface area contributed by atoms with E-state index in [1.165, 1.54) is 23.5 Å². The molecule has 1 saturated carbocycles. The molecule has 7 heteroatoms. The second-order valence-electron chi connectivity index (χ2n) is 6.52. The molecule has 1 aliphatic rings. The number of carbonyl (C=O) groups excluding carboxylic acids is 1. The second-order valence-corrected chi connectivity index (χ2v) is 7.38. The maximum Gasteiger partial charge on any atom is 0.229 e. The molecule has 1 aliphatic carbocycles. The summed E-state index contributed by atoms with van der Waals surface area (Å²) in [4.78, 5) is 23.2. The van der Waals surface area contributed by atoms with Crippen LogP contribution < -0.4 is 0 Å². The summed E-state index contributed by atoms with van der Waals surface area (Å²) in [6.07, 6.45) is 3.67. The molecule has 1 fully saturated rings. The predicted molar refractivity (Wildman–Crippen MR) is 99.0 cm³/mol. The summed E-state index contributed by atoms with van der Waals surface area (Å²) in [5.74, 6) is -1.34. The van der Waals surface area contributed by atoms with E-state index in [-0.39, 0.29) is 24.9 Å². The maximum absolute atomic E-state index is 14.0. The first-order valence-electron chi connectivity index (χ1n) is 8.69. The fraction of sp³-hybridized carbons (Fsp3) is 0.250. The Morgan fingerprint density at radius 2 is 2.07 bits per heavy atom. The first kappa shape index (κ1) is 17.7. The molecule has 0 unspecified atom stereocenters. The molecule has 2 heterocycles. The minimum atomic E-state index is -0.625. The maximum atomic E-state index is 14.0. The van der Waals surface area contributed by atoms with Crippen LogP contribution in [0, 0.1) is 11.6 Å². The standard InChI is InChI=1S/C20H17F2N3OS/c21-14-5-4-13(17(22)9-14)11-25(16-6-7-16)19(26)10-15-12-27-20(24-15)18-3-1-2-8-23-18/h1-5,8-9,12,16H,6-7,10-11H2. The Morgan fingerprint density at radius 3 is 2.78 bits per heavy atom. The second kappa shape index (κ2) is 7.52. The zero-order valence-electron chi connectivity index (χ0n) is 14.4. The quantitative estimate of drug-likeness (QED) is 0.638. The predicted octanol–water partition coefficient (Wildman–Crippen LogP) is 4.22. The SMILES string of the molecule is O=C(Cc1csc(-c2ccccn2)n1)N(Cc1ccc(F)cc1F)C1CC1. The molecule has 4 rings (SSSR count). The van der Waals surface area contributed by atoms with E-state index >= 15 is 0 Å². The minimum Gasteiger partial charge on any atom is -0.335 e. The molecule has 1 amide bonds. The van der Waals surface area contributed by atoms with Gasteiger partial charge in [0.1, 0.15) is 16.6 Å². The van der Waals surface area contributed by atoms with Gasteiger partial charge < -0.3 is 4.90 Å². The van der Waals surface area contributed by atoms with Crippen LogP contribution in [0.4, 0.5) is 8.78 Å². The Balaban J connectivity index is 1.48. The molecule has 27 heavy (non-hydrogen) atoms. The van der Waals surface area contributed by atoms with Crippen LogP contribution in [-0.2, 0) is 17.8 Å². The highest BCUT2D eigenvalue weighted by molar-refractivity contribution is 7.13. The van der Waals surface area contributed by atoms with E-state index in [2.05, 4.69) is 9.97 Å². The Morgan fingerprint density at radius 1 is 1.22 bits per heavy atom. The van der Waals surface area contributed by atoms with Crippen LogP contribution in [0.2, 0.25) is 0 Å². The molecule has 0 radical (unpaired) electrons. The third kappa shape index (κ3) is 4.19. The van der Waals surface area contributed by atoms with Crippen LogP contribution in [0.15, 0.2) is 48.0 Å². The van der Waals surface area contributed by atoms with Gasteiger partial charge in [-0.25, -0.2) is 13.8 Å². The van der Waals surface area contributed by atoms with Gasteiger partial charge in [-0.2, -0.15) is 0 Å². The normalized spacial score (nSPS) is 13.6. The molecule has 138 valence electrons. The minimum absolute atomic E-state index is 0.0981. The molecule has 0 spiro atoms. The number of pyridine rings is 1. The van der Waals surface area contributed by atoms with E-state index < -0.39 is 11.6 Å². The lowest BCUT2D eigenvalue weighted by Crippen LogP contribution is -2.34. The van der Waals surface area contributed by atoms with Crippen molar-refractivity contribution in [3.8, 4) is 10.7 Å². The fourth-order valence-electron chi connectivity index (χ4n) is 2.89. The van der Waals surface area contributed by atoms with E-state index in [9.17, 15) is 13.6 Å². The lowest BCUT2D eigenvalue weighted by molar-refractivity contribution is -0.131. The fourth-order valence-corrected chi connectivity index (χ4v) is 3.69. The van der Waals surface area contributed by atoms with Crippen molar-refractivity contribution in [2.24, 2.45) is 0 Å². The first-order valence-corrected chi connectivity index (χ1v) is 9.57. The number of halogens is 2. The molecule has 0 atom stereocenters. The van der Waals surface area contributed by atoms with Crippen molar-refractivity contribution in [3.63, 3.8) is 0 Å². The van der Waals surface area contributed by atoms with Crippen LogP contribution in [0.3, 0.4) is 0 Å². The number of nitrogens with zero attached hydrogens (tertiary/aromatic N) is 3. The van der Waals surface area contributed by atoms with Crippen LogP contribution in [0.5, 0.6) is 0 Å². The number of aromatic nitrogens is 2. The third-order valence-electron chi connectivity index (χ3n) is 4.43. The lowest BCUT2D eigenvalue weighted by Gasteiger charge is -2.22. The number of rotatable bonds is 6. The summed E-state index contributed by atoms with van der Waals surface area (Å²) in [6.45, 7) is 0.146.